The highest BCUT2D eigenvalue weighted by molar-refractivity contribution is 8.47. The molecular weight excluding hydrogens is 204 g/mol. The molecule has 0 aliphatic carbocycles. The van der Waals surface area contributed by atoms with E-state index in [1.807, 2.05) is 23.5 Å². The van der Waals surface area contributed by atoms with E-state index in [1.54, 1.807) is 0 Å². The first-order valence-electron chi connectivity index (χ1n) is 4.57. The van der Waals surface area contributed by atoms with Gasteiger partial charge < -0.3 is 0 Å². The third-order valence-corrected chi connectivity index (χ3v) is 5.35. The molecule has 2 unspecified atom stereocenters. The van der Waals surface area contributed by atoms with Crippen molar-refractivity contribution in [2.45, 2.75) is 38.4 Å². The Morgan fingerprint density at radius 3 is 2.92 bits per heavy atom. The summed E-state index contributed by atoms with van der Waals surface area (Å²) in [6.07, 6.45) is 4.09. The van der Waals surface area contributed by atoms with E-state index >= 15 is 0 Å². The number of thioether (sulfide) groups is 2. The highest BCUT2D eigenvalue weighted by Gasteiger charge is 2.24. The lowest BCUT2D eigenvalue weighted by atomic mass is 10.0. The molecule has 1 fully saturated rings. The van der Waals surface area contributed by atoms with E-state index in [9.17, 15) is 0 Å². The van der Waals surface area contributed by atoms with Gasteiger partial charge in [0, 0.05) is 11.0 Å². The maximum absolute atomic E-state index is 5.17. The van der Waals surface area contributed by atoms with Crippen LogP contribution in [-0.2, 0) is 0 Å². The van der Waals surface area contributed by atoms with Crippen LogP contribution >= 0.6 is 35.7 Å². The average Bonchev–Trinajstić information content (AvgIpc) is 2.03. The van der Waals surface area contributed by atoms with Gasteiger partial charge in [-0.1, -0.05) is 38.9 Å². The van der Waals surface area contributed by atoms with Crippen molar-refractivity contribution in [1.82, 2.24) is 0 Å². The molecule has 0 spiro atoms. The van der Waals surface area contributed by atoms with E-state index in [1.165, 1.54) is 25.0 Å². The van der Waals surface area contributed by atoms with Gasteiger partial charge in [-0.25, -0.2) is 0 Å². The van der Waals surface area contributed by atoms with E-state index < -0.39 is 0 Å². The lowest BCUT2D eigenvalue weighted by Gasteiger charge is -2.27. The second-order valence-electron chi connectivity index (χ2n) is 3.29. The van der Waals surface area contributed by atoms with Crippen LogP contribution in [0.3, 0.4) is 0 Å². The third-order valence-electron chi connectivity index (χ3n) is 2.29. The summed E-state index contributed by atoms with van der Waals surface area (Å²) in [6, 6.07) is 0. The van der Waals surface area contributed by atoms with Crippen molar-refractivity contribution in [3.05, 3.63) is 0 Å². The van der Waals surface area contributed by atoms with Crippen molar-refractivity contribution in [3.8, 4) is 0 Å². The minimum absolute atomic E-state index is 0.755. The van der Waals surface area contributed by atoms with Gasteiger partial charge in [-0.15, -0.1) is 23.5 Å². The van der Waals surface area contributed by atoms with E-state index in [-0.39, 0.29) is 0 Å². The minimum atomic E-state index is 0.755. The van der Waals surface area contributed by atoms with Crippen LogP contribution in [0.4, 0.5) is 0 Å². The minimum Gasteiger partial charge on any atom is -0.107 e. The Morgan fingerprint density at radius 2 is 2.33 bits per heavy atom. The Kier molecular flexibility index (Phi) is 4.99. The van der Waals surface area contributed by atoms with Crippen molar-refractivity contribution in [2.24, 2.45) is 5.92 Å². The van der Waals surface area contributed by atoms with E-state index in [2.05, 4.69) is 13.8 Å². The summed E-state index contributed by atoms with van der Waals surface area (Å²) in [5, 5.41) is 0.755. The van der Waals surface area contributed by atoms with Crippen LogP contribution in [0.25, 0.3) is 0 Å². The number of thiocarbonyl (C=S) groups is 1. The lowest BCUT2D eigenvalue weighted by Crippen LogP contribution is -2.22. The predicted molar refractivity (Wildman–Crippen MR) is 65.1 cm³/mol. The smallest absolute Gasteiger partial charge is 0.104 e. The van der Waals surface area contributed by atoms with Crippen molar-refractivity contribution < 1.29 is 0 Å². The van der Waals surface area contributed by atoms with Gasteiger partial charge in [0.25, 0.3) is 0 Å². The quantitative estimate of drug-likeness (QED) is 0.661. The van der Waals surface area contributed by atoms with Crippen LogP contribution in [0.2, 0.25) is 0 Å². The zero-order valence-corrected chi connectivity index (χ0v) is 10.2. The van der Waals surface area contributed by atoms with Crippen molar-refractivity contribution in [2.75, 3.05) is 5.75 Å². The summed E-state index contributed by atoms with van der Waals surface area (Å²) in [4.78, 5) is 0. The number of unbranched alkanes of at least 4 members (excludes halogenated alkanes) is 1. The van der Waals surface area contributed by atoms with Gasteiger partial charge in [0.2, 0.25) is 0 Å². The highest BCUT2D eigenvalue weighted by Crippen LogP contribution is 2.37. The molecule has 0 aromatic heterocycles. The van der Waals surface area contributed by atoms with Crippen LogP contribution in [0.1, 0.15) is 33.1 Å². The second-order valence-corrected chi connectivity index (χ2v) is 6.89. The van der Waals surface area contributed by atoms with Gasteiger partial charge in [-0.05, 0) is 12.3 Å². The topological polar surface area (TPSA) is 0 Å². The molecule has 0 nitrogen and oxygen atoms in total. The first kappa shape index (κ1) is 10.9. The fourth-order valence-corrected chi connectivity index (χ4v) is 4.62. The zero-order chi connectivity index (χ0) is 8.97. The Hall–Kier alpha value is 0.790. The van der Waals surface area contributed by atoms with Gasteiger partial charge in [0.15, 0.2) is 0 Å². The molecular formula is C9H16S3. The van der Waals surface area contributed by atoms with E-state index in [0.29, 0.717) is 0 Å². The van der Waals surface area contributed by atoms with Crippen molar-refractivity contribution in [1.29, 1.82) is 0 Å². The number of hydrogen-bond acceptors (Lipinski definition) is 3. The molecule has 0 aromatic carbocycles. The van der Waals surface area contributed by atoms with Gasteiger partial charge in [-0.3, -0.25) is 0 Å². The zero-order valence-electron chi connectivity index (χ0n) is 7.71. The van der Waals surface area contributed by atoms with Gasteiger partial charge in [0.1, 0.15) is 3.53 Å². The molecule has 1 heterocycles. The van der Waals surface area contributed by atoms with Gasteiger partial charge in [-0.2, -0.15) is 0 Å². The molecule has 2 atom stereocenters. The Morgan fingerprint density at radius 1 is 1.58 bits per heavy atom. The normalized spacial score (nSPS) is 30.7. The summed E-state index contributed by atoms with van der Waals surface area (Å²) in [5.41, 5.74) is 0. The molecule has 0 amide bonds. The third kappa shape index (κ3) is 3.27. The summed E-state index contributed by atoms with van der Waals surface area (Å²) < 4.78 is 1.15. The summed E-state index contributed by atoms with van der Waals surface area (Å²) in [6.45, 7) is 4.58. The molecule has 3 heteroatoms. The summed E-state index contributed by atoms with van der Waals surface area (Å²) in [7, 11) is 0. The summed E-state index contributed by atoms with van der Waals surface area (Å²) >= 11 is 8.94. The van der Waals surface area contributed by atoms with Crippen LogP contribution < -0.4 is 0 Å². The Bertz CT molecular complexity index is 156. The van der Waals surface area contributed by atoms with E-state index in [4.69, 9.17) is 12.2 Å². The van der Waals surface area contributed by atoms with Crippen molar-refractivity contribution in [3.63, 3.8) is 0 Å². The monoisotopic (exact) mass is 220 g/mol. The molecule has 70 valence electrons. The largest absolute Gasteiger partial charge is 0.107 e. The molecule has 0 radical (unpaired) electrons. The van der Waals surface area contributed by atoms with Gasteiger partial charge >= 0.3 is 0 Å². The molecule has 1 rings (SSSR count). The van der Waals surface area contributed by atoms with Crippen LogP contribution in [-0.4, -0.2) is 14.5 Å². The highest BCUT2D eigenvalue weighted by atomic mass is 32.2. The van der Waals surface area contributed by atoms with Crippen LogP contribution in [0.15, 0.2) is 0 Å². The van der Waals surface area contributed by atoms with E-state index in [0.717, 1.165) is 14.7 Å². The SMILES string of the molecule is CCCCC1CSC(=S)SC1C. The fourth-order valence-electron chi connectivity index (χ4n) is 1.38. The molecule has 0 bridgehead atoms. The first-order chi connectivity index (χ1) is 5.74. The molecule has 0 saturated carbocycles. The standard InChI is InChI=1S/C9H16S3/c1-3-4-5-8-6-11-9(10)12-7(8)2/h7-8H,3-6H2,1-2H3. The van der Waals surface area contributed by atoms with Crippen LogP contribution in [0.5, 0.6) is 0 Å². The fraction of sp³-hybridized carbons (Fsp3) is 0.889. The molecule has 0 aromatic rings. The molecule has 0 N–H and O–H groups in total. The second kappa shape index (κ2) is 5.51. The van der Waals surface area contributed by atoms with Gasteiger partial charge in [0.05, 0.1) is 0 Å². The number of rotatable bonds is 3. The molecule has 1 aliphatic heterocycles. The van der Waals surface area contributed by atoms with Crippen molar-refractivity contribution >= 4 is 39.3 Å². The summed E-state index contributed by atoms with van der Waals surface area (Å²) in [5.74, 6) is 2.15. The Balaban J connectivity index is 2.29. The Labute approximate surface area is 89.3 Å². The predicted octanol–water partition coefficient (Wildman–Crippen LogP) is 3.95. The first-order valence-corrected chi connectivity index (χ1v) is 6.84. The maximum Gasteiger partial charge on any atom is 0.104 e. The maximum atomic E-state index is 5.17. The number of hydrogen-bond donors (Lipinski definition) is 0. The van der Waals surface area contributed by atoms with Crippen LogP contribution in [0, 0.1) is 5.92 Å². The lowest BCUT2D eigenvalue weighted by molar-refractivity contribution is 0.511. The average molecular weight is 220 g/mol. The molecule has 12 heavy (non-hydrogen) atoms. The molecule has 1 saturated heterocycles. The molecule has 1 aliphatic rings.